The van der Waals surface area contributed by atoms with Crippen LogP contribution >= 0.6 is 0 Å². The molecule has 1 aromatic rings. The lowest BCUT2D eigenvalue weighted by Crippen LogP contribution is -2.34. The van der Waals surface area contributed by atoms with Crippen molar-refractivity contribution in [3.05, 3.63) is 41.2 Å². The average molecular weight is 259 g/mol. The summed E-state index contributed by atoms with van der Waals surface area (Å²) >= 11 is 0. The molecule has 0 spiro atoms. The van der Waals surface area contributed by atoms with Crippen LogP contribution in [-0.2, 0) is 9.59 Å². The molecule has 100 valence electrons. The van der Waals surface area contributed by atoms with Crippen molar-refractivity contribution in [1.29, 1.82) is 0 Å². The molecule has 1 aliphatic heterocycles. The maximum Gasteiger partial charge on any atom is 0.296 e. The number of carbonyl (C=O) groups excluding carboxylic acids is 2. The summed E-state index contributed by atoms with van der Waals surface area (Å²) < 4.78 is 0. The van der Waals surface area contributed by atoms with Crippen LogP contribution in [0.1, 0.15) is 25.0 Å². The molecule has 4 heteroatoms. The summed E-state index contributed by atoms with van der Waals surface area (Å²) in [5, 5.41) is 9.90. The van der Waals surface area contributed by atoms with Gasteiger partial charge < -0.3 is 5.11 Å². The lowest BCUT2D eigenvalue weighted by Gasteiger charge is -2.16. The maximum absolute atomic E-state index is 12.2. The zero-order valence-electron chi connectivity index (χ0n) is 11.3. The Morgan fingerprint density at radius 3 is 2.21 bits per heavy atom. The van der Waals surface area contributed by atoms with E-state index < -0.39 is 17.6 Å². The van der Waals surface area contributed by atoms with Gasteiger partial charge in [0.05, 0.1) is 5.57 Å². The van der Waals surface area contributed by atoms with Crippen LogP contribution in [0.3, 0.4) is 0 Å². The van der Waals surface area contributed by atoms with Gasteiger partial charge >= 0.3 is 0 Å². The van der Waals surface area contributed by atoms with Crippen molar-refractivity contribution in [3.63, 3.8) is 0 Å². The Hall–Kier alpha value is -2.10. The lowest BCUT2D eigenvalue weighted by molar-refractivity contribution is -0.138. The molecule has 4 nitrogen and oxygen atoms in total. The molecule has 1 aliphatic rings. The molecule has 19 heavy (non-hydrogen) atoms. The third-order valence-electron chi connectivity index (χ3n) is 3.03. The van der Waals surface area contributed by atoms with E-state index in [-0.39, 0.29) is 11.5 Å². The Morgan fingerprint density at radius 2 is 1.68 bits per heavy atom. The number of carbonyl (C=O) groups is 2. The number of hydrogen-bond acceptors (Lipinski definition) is 3. The molecular formula is C15H17NO3. The Morgan fingerprint density at radius 1 is 1.11 bits per heavy atom. The summed E-state index contributed by atoms with van der Waals surface area (Å²) in [6.45, 7) is 6.09. The summed E-state index contributed by atoms with van der Waals surface area (Å²) in [6, 6.07) is 7.17. The van der Waals surface area contributed by atoms with Gasteiger partial charge in [-0.1, -0.05) is 43.7 Å². The summed E-state index contributed by atoms with van der Waals surface area (Å²) in [4.78, 5) is 25.2. The highest BCUT2D eigenvalue weighted by atomic mass is 16.3. The zero-order chi connectivity index (χ0) is 14.2. The number of aliphatic hydroxyl groups is 1. The van der Waals surface area contributed by atoms with Crippen LogP contribution in [0, 0.1) is 12.8 Å². The second kappa shape index (κ2) is 4.88. The van der Waals surface area contributed by atoms with Crippen LogP contribution in [-0.4, -0.2) is 28.4 Å². The van der Waals surface area contributed by atoms with Crippen LogP contribution in [0.5, 0.6) is 0 Å². The lowest BCUT2D eigenvalue weighted by atomic mass is 10.0. The highest BCUT2D eigenvalue weighted by Crippen LogP contribution is 2.28. The van der Waals surface area contributed by atoms with Crippen LogP contribution < -0.4 is 0 Å². The van der Waals surface area contributed by atoms with Crippen LogP contribution in [0.4, 0.5) is 0 Å². The first-order valence-electron chi connectivity index (χ1n) is 6.28. The zero-order valence-corrected chi connectivity index (χ0v) is 11.3. The second-order valence-corrected chi connectivity index (χ2v) is 5.20. The first-order chi connectivity index (χ1) is 8.91. The predicted octanol–water partition coefficient (Wildman–Crippen LogP) is 2.29. The van der Waals surface area contributed by atoms with E-state index in [1.54, 1.807) is 12.1 Å². The Bertz CT molecular complexity index is 555. The van der Waals surface area contributed by atoms with Crippen molar-refractivity contribution in [2.45, 2.75) is 20.8 Å². The van der Waals surface area contributed by atoms with Crippen LogP contribution in [0.15, 0.2) is 30.0 Å². The third kappa shape index (κ3) is 2.38. The van der Waals surface area contributed by atoms with E-state index >= 15 is 0 Å². The minimum atomic E-state index is -0.603. The molecule has 0 aliphatic carbocycles. The molecule has 2 amide bonds. The summed E-state index contributed by atoms with van der Waals surface area (Å²) in [6.07, 6.45) is 0. The van der Waals surface area contributed by atoms with Crippen molar-refractivity contribution < 1.29 is 14.7 Å². The number of hydrogen-bond donors (Lipinski definition) is 1. The number of nitrogens with zero attached hydrogens (tertiary/aromatic N) is 1. The number of aryl methyl sites for hydroxylation is 1. The van der Waals surface area contributed by atoms with Crippen LogP contribution in [0.2, 0.25) is 0 Å². The summed E-state index contributed by atoms with van der Waals surface area (Å²) in [5.74, 6) is -1.30. The van der Waals surface area contributed by atoms with Gasteiger partial charge in [0.25, 0.3) is 11.8 Å². The fourth-order valence-corrected chi connectivity index (χ4v) is 2.07. The molecule has 0 saturated carbocycles. The summed E-state index contributed by atoms with van der Waals surface area (Å²) in [7, 11) is 0. The second-order valence-electron chi connectivity index (χ2n) is 5.20. The molecule has 1 aromatic carbocycles. The SMILES string of the molecule is Cc1ccc(C2=C(O)C(=O)N(CC(C)C)C2=O)cc1. The fourth-order valence-electron chi connectivity index (χ4n) is 2.07. The molecule has 0 fully saturated rings. The van der Waals surface area contributed by atoms with Crippen molar-refractivity contribution >= 4 is 17.4 Å². The van der Waals surface area contributed by atoms with E-state index in [4.69, 9.17) is 0 Å². The molecule has 0 unspecified atom stereocenters. The molecular weight excluding hydrogens is 242 g/mol. The van der Waals surface area contributed by atoms with Crippen molar-refractivity contribution in [2.24, 2.45) is 5.92 Å². The van der Waals surface area contributed by atoms with Crippen molar-refractivity contribution in [3.8, 4) is 0 Å². The van der Waals surface area contributed by atoms with Gasteiger partial charge in [-0.2, -0.15) is 0 Å². The van der Waals surface area contributed by atoms with Gasteiger partial charge in [-0.15, -0.1) is 0 Å². The first kappa shape index (κ1) is 13.3. The summed E-state index contributed by atoms with van der Waals surface area (Å²) in [5.41, 5.74) is 1.73. The van der Waals surface area contributed by atoms with E-state index in [0.717, 1.165) is 10.5 Å². The highest BCUT2D eigenvalue weighted by Gasteiger charge is 2.39. The number of amides is 2. The number of benzene rings is 1. The largest absolute Gasteiger partial charge is 0.502 e. The number of aliphatic hydroxyl groups excluding tert-OH is 1. The molecule has 1 N–H and O–H groups in total. The van der Waals surface area contributed by atoms with Gasteiger partial charge in [-0.3, -0.25) is 14.5 Å². The van der Waals surface area contributed by atoms with Gasteiger partial charge in [0, 0.05) is 6.54 Å². The molecule has 0 aromatic heterocycles. The van der Waals surface area contributed by atoms with Crippen molar-refractivity contribution in [1.82, 2.24) is 4.90 Å². The Balaban J connectivity index is 2.38. The molecule has 0 radical (unpaired) electrons. The molecule has 0 atom stereocenters. The normalized spacial score (nSPS) is 15.9. The smallest absolute Gasteiger partial charge is 0.296 e. The van der Waals surface area contributed by atoms with E-state index in [1.165, 1.54) is 0 Å². The number of rotatable bonds is 3. The van der Waals surface area contributed by atoms with Crippen molar-refractivity contribution in [2.75, 3.05) is 6.54 Å². The van der Waals surface area contributed by atoms with Gasteiger partial charge in [0.2, 0.25) is 0 Å². The van der Waals surface area contributed by atoms with E-state index in [2.05, 4.69) is 0 Å². The van der Waals surface area contributed by atoms with Gasteiger partial charge in [0.15, 0.2) is 5.76 Å². The Labute approximate surface area is 112 Å². The topological polar surface area (TPSA) is 57.6 Å². The molecule has 1 heterocycles. The average Bonchev–Trinajstić information content (AvgIpc) is 2.55. The molecule has 0 saturated heterocycles. The van der Waals surface area contributed by atoms with E-state index in [1.807, 2.05) is 32.9 Å². The predicted molar refractivity (Wildman–Crippen MR) is 72.3 cm³/mol. The van der Waals surface area contributed by atoms with E-state index in [0.29, 0.717) is 12.1 Å². The minimum absolute atomic E-state index is 0.102. The first-order valence-corrected chi connectivity index (χ1v) is 6.28. The third-order valence-corrected chi connectivity index (χ3v) is 3.03. The standard InChI is InChI=1S/C15H17NO3/c1-9(2)8-16-14(18)12(13(17)15(16)19)11-6-4-10(3)5-7-11/h4-7,9,17H,8H2,1-3H3. The highest BCUT2D eigenvalue weighted by molar-refractivity contribution is 6.34. The van der Waals surface area contributed by atoms with Gasteiger partial charge in [0.1, 0.15) is 0 Å². The molecule has 2 rings (SSSR count). The van der Waals surface area contributed by atoms with Crippen LogP contribution in [0.25, 0.3) is 5.57 Å². The van der Waals surface area contributed by atoms with Gasteiger partial charge in [-0.05, 0) is 18.4 Å². The monoisotopic (exact) mass is 259 g/mol. The Kier molecular flexibility index (Phi) is 3.42. The minimum Gasteiger partial charge on any atom is -0.502 e. The fraction of sp³-hybridized carbons (Fsp3) is 0.333. The van der Waals surface area contributed by atoms with Gasteiger partial charge in [-0.25, -0.2) is 0 Å². The molecule has 0 bridgehead atoms. The number of imide groups is 1. The quantitative estimate of drug-likeness (QED) is 0.847. The van der Waals surface area contributed by atoms with E-state index in [9.17, 15) is 14.7 Å². The maximum atomic E-state index is 12.2.